The van der Waals surface area contributed by atoms with Gasteiger partial charge in [-0.1, -0.05) is 29.7 Å². The van der Waals surface area contributed by atoms with Gasteiger partial charge in [-0.3, -0.25) is 0 Å². The number of halogens is 1. The highest BCUT2D eigenvalue weighted by Crippen LogP contribution is 2.23. The van der Waals surface area contributed by atoms with E-state index in [2.05, 4.69) is 15.1 Å². The Hall–Kier alpha value is -2.14. The molecule has 0 amide bonds. The fraction of sp³-hybridized carbons (Fsp3) is 0.214. The average molecular weight is 289 g/mol. The van der Waals surface area contributed by atoms with Crippen LogP contribution in [0.15, 0.2) is 35.1 Å². The summed E-state index contributed by atoms with van der Waals surface area (Å²) >= 11 is 6.02. The van der Waals surface area contributed by atoms with Gasteiger partial charge in [0.1, 0.15) is 12.0 Å². The SMILES string of the molecule is CCc1noc(-c2ncn(-c3cccc(Cl)c3)c2C)n1. The highest BCUT2D eigenvalue weighted by Gasteiger charge is 2.16. The second-order valence-corrected chi connectivity index (χ2v) is 4.83. The molecule has 2 heterocycles. The number of benzene rings is 1. The summed E-state index contributed by atoms with van der Waals surface area (Å²) in [5, 5.41) is 4.58. The summed E-state index contributed by atoms with van der Waals surface area (Å²) in [5.74, 6) is 1.12. The van der Waals surface area contributed by atoms with Crippen molar-refractivity contribution in [1.82, 2.24) is 19.7 Å². The van der Waals surface area contributed by atoms with E-state index in [0.717, 1.165) is 17.8 Å². The maximum atomic E-state index is 6.02. The molecule has 2 aromatic heterocycles. The second-order valence-electron chi connectivity index (χ2n) is 4.40. The van der Waals surface area contributed by atoms with Crippen LogP contribution >= 0.6 is 11.6 Å². The van der Waals surface area contributed by atoms with Gasteiger partial charge in [-0.05, 0) is 25.1 Å². The minimum absolute atomic E-state index is 0.445. The van der Waals surface area contributed by atoms with E-state index in [1.54, 1.807) is 6.33 Å². The van der Waals surface area contributed by atoms with Crippen molar-refractivity contribution in [1.29, 1.82) is 0 Å². The van der Waals surface area contributed by atoms with Crippen LogP contribution in [0.25, 0.3) is 17.3 Å². The largest absolute Gasteiger partial charge is 0.332 e. The predicted octanol–water partition coefficient (Wildman–Crippen LogP) is 3.45. The number of hydrogen-bond donors (Lipinski definition) is 0. The fourth-order valence-corrected chi connectivity index (χ4v) is 2.18. The van der Waals surface area contributed by atoms with Crippen molar-refractivity contribution >= 4 is 11.6 Å². The highest BCUT2D eigenvalue weighted by molar-refractivity contribution is 6.30. The molecular formula is C14H13ClN4O. The summed E-state index contributed by atoms with van der Waals surface area (Å²) < 4.78 is 7.17. The van der Waals surface area contributed by atoms with Gasteiger partial charge in [-0.15, -0.1) is 0 Å². The van der Waals surface area contributed by atoms with Gasteiger partial charge in [0.05, 0.1) is 5.69 Å². The van der Waals surface area contributed by atoms with Crippen molar-refractivity contribution in [2.45, 2.75) is 20.3 Å². The van der Waals surface area contributed by atoms with Crippen LogP contribution in [-0.2, 0) is 6.42 Å². The molecular weight excluding hydrogens is 276 g/mol. The Kier molecular flexibility index (Phi) is 3.28. The molecule has 0 spiro atoms. The van der Waals surface area contributed by atoms with Crippen LogP contribution in [-0.4, -0.2) is 19.7 Å². The van der Waals surface area contributed by atoms with E-state index in [-0.39, 0.29) is 0 Å². The molecule has 20 heavy (non-hydrogen) atoms. The van der Waals surface area contributed by atoms with Crippen molar-refractivity contribution in [3.8, 4) is 17.3 Å². The minimum atomic E-state index is 0.445. The van der Waals surface area contributed by atoms with E-state index in [9.17, 15) is 0 Å². The molecule has 6 heteroatoms. The summed E-state index contributed by atoms with van der Waals surface area (Å²) in [6, 6.07) is 7.59. The number of aryl methyl sites for hydroxylation is 1. The Balaban J connectivity index is 2.04. The van der Waals surface area contributed by atoms with E-state index in [4.69, 9.17) is 16.1 Å². The molecule has 0 saturated carbocycles. The summed E-state index contributed by atoms with van der Waals surface area (Å²) in [6.45, 7) is 3.94. The standard InChI is InChI=1S/C14H13ClN4O/c1-3-12-17-14(20-18-12)13-9(2)19(8-16-13)11-6-4-5-10(15)7-11/h4-8H,3H2,1-2H3. The van der Waals surface area contributed by atoms with Crippen molar-refractivity contribution in [3.05, 3.63) is 47.1 Å². The van der Waals surface area contributed by atoms with E-state index >= 15 is 0 Å². The molecule has 0 aliphatic rings. The molecule has 0 radical (unpaired) electrons. The molecule has 1 aromatic carbocycles. The maximum Gasteiger partial charge on any atom is 0.278 e. The molecule has 5 nitrogen and oxygen atoms in total. The van der Waals surface area contributed by atoms with Crippen LogP contribution in [0.1, 0.15) is 18.4 Å². The predicted molar refractivity (Wildman–Crippen MR) is 76.0 cm³/mol. The molecule has 0 bridgehead atoms. The van der Waals surface area contributed by atoms with Crippen LogP contribution < -0.4 is 0 Å². The lowest BCUT2D eigenvalue weighted by Gasteiger charge is -2.05. The van der Waals surface area contributed by atoms with E-state index < -0.39 is 0 Å². The zero-order valence-electron chi connectivity index (χ0n) is 11.2. The van der Waals surface area contributed by atoms with E-state index in [1.807, 2.05) is 42.7 Å². The zero-order valence-corrected chi connectivity index (χ0v) is 11.9. The third-order valence-electron chi connectivity index (χ3n) is 3.08. The highest BCUT2D eigenvalue weighted by atomic mass is 35.5. The van der Waals surface area contributed by atoms with Gasteiger partial charge in [0.15, 0.2) is 5.82 Å². The second kappa shape index (κ2) is 5.09. The van der Waals surface area contributed by atoms with Crippen LogP contribution in [0.4, 0.5) is 0 Å². The van der Waals surface area contributed by atoms with Gasteiger partial charge in [-0.2, -0.15) is 4.98 Å². The number of rotatable bonds is 3. The quantitative estimate of drug-likeness (QED) is 0.741. The van der Waals surface area contributed by atoms with E-state index in [0.29, 0.717) is 22.4 Å². The Morgan fingerprint density at radius 1 is 1.35 bits per heavy atom. The first-order chi connectivity index (χ1) is 9.69. The number of imidazole rings is 1. The van der Waals surface area contributed by atoms with Crippen LogP contribution in [0.5, 0.6) is 0 Å². The Morgan fingerprint density at radius 2 is 2.20 bits per heavy atom. The summed E-state index contributed by atoms with van der Waals surface area (Å²) in [7, 11) is 0. The van der Waals surface area contributed by atoms with Crippen molar-refractivity contribution in [2.24, 2.45) is 0 Å². The van der Waals surface area contributed by atoms with Gasteiger partial charge in [-0.25, -0.2) is 4.98 Å². The zero-order chi connectivity index (χ0) is 14.1. The Morgan fingerprint density at radius 3 is 2.90 bits per heavy atom. The van der Waals surface area contributed by atoms with Crippen LogP contribution in [0, 0.1) is 6.92 Å². The Bertz CT molecular complexity index is 747. The maximum absolute atomic E-state index is 6.02. The smallest absolute Gasteiger partial charge is 0.278 e. The normalized spacial score (nSPS) is 10.9. The van der Waals surface area contributed by atoms with Gasteiger partial charge < -0.3 is 9.09 Å². The molecule has 0 fully saturated rings. The molecule has 102 valence electrons. The summed E-state index contributed by atoms with van der Waals surface area (Å²) in [4.78, 5) is 8.67. The summed E-state index contributed by atoms with van der Waals surface area (Å²) in [6.07, 6.45) is 2.46. The molecule has 0 atom stereocenters. The van der Waals surface area contributed by atoms with Gasteiger partial charge >= 0.3 is 0 Å². The number of nitrogens with zero attached hydrogens (tertiary/aromatic N) is 4. The number of aromatic nitrogens is 4. The number of hydrogen-bond acceptors (Lipinski definition) is 4. The molecule has 3 aromatic rings. The topological polar surface area (TPSA) is 56.7 Å². The first-order valence-corrected chi connectivity index (χ1v) is 6.69. The Labute approximate surface area is 121 Å². The monoisotopic (exact) mass is 288 g/mol. The average Bonchev–Trinajstić information content (AvgIpc) is 3.04. The molecule has 0 aliphatic carbocycles. The van der Waals surface area contributed by atoms with Crippen molar-refractivity contribution < 1.29 is 4.52 Å². The lowest BCUT2D eigenvalue weighted by atomic mass is 10.3. The first kappa shape index (κ1) is 12.9. The third kappa shape index (κ3) is 2.20. The van der Waals surface area contributed by atoms with E-state index in [1.165, 1.54) is 0 Å². The molecule has 0 unspecified atom stereocenters. The minimum Gasteiger partial charge on any atom is -0.332 e. The van der Waals surface area contributed by atoms with Crippen molar-refractivity contribution in [2.75, 3.05) is 0 Å². The molecule has 0 N–H and O–H groups in total. The molecule has 3 rings (SSSR count). The molecule has 0 saturated heterocycles. The van der Waals surface area contributed by atoms with Crippen molar-refractivity contribution in [3.63, 3.8) is 0 Å². The van der Waals surface area contributed by atoms with Gasteiger partial charge in [0.2, 0.25) is 0 Å². The van der Waals surface area contributed by atoms with Crippen LogP contribution in [0.3, 0.4) is 0 Å². The van der Waals surface area contributed by atoms with Gasteiger partial charge in [0.25, 0.3) is 5.89 Å². The lowest BCUT2D eigenvalue weighted by molar-refractivity contribution is 0.422. The van der Waals surface area contributed by atoms with Gasteiger partial charge in [0, 0.05) is 17.1 Å². The van der Waals surface area contributed by atoms with Crippen LogP contribution in [0.2, 0.25) is 5.02 Å². The third-order valence-corrected chi connectivity index (χ3v) is 3.31. The molecule has 0 aliphatic heterocycles. The first-order valence-electron chi connectivity index (χ1n) is 6.32. The lowest BCUT2D eigenvalue weighted by Crippen LogP contribution is -1.95. The fourth-order valence-electron chi connectivity index (χ4n) is 2.00. The summed E-state index contributed by atoms with van der Waals surface area (Å²) in [5.41, 5.74) is 2.57.